The van der Waals surface area contributed by atoms with Gasteiger partial charge in [0.25, 0.3) is 5.91 Å². The minimum atomic E-state index is 0.000478. The summed E-state index contributed by atoms with van der Waals surface area (Å²) in [6.07, 6.45) is 0.695. The Morgan fingerprint density at radius 3 is 2.50 bits per heavy atom. The zero-order chi connectivity index (χ0) is 23.5. The van der Waals surface area contributed by atoms with Crippen LogP contribution in [0.4, 0.5) is 11.8 Å². The van der Waals surface area contributed by atoms with Gasteiger partial charge in [-0.3, -0.25) is 4.79 Å². The van der Waals surface area contributed by atoms with Crippen LogP contribution in [0.5, 0.6) is 0 Å². The second-order valence-electron chi connectivity index (χ2n) is 8.70. The normalized spacial score (nSPS) is 15.7. The van der Waals surface area contributed by atoms with Crippen molar-refractivity contribution >= 4 is 29.3 Å². The minimum Gasteiger partial charge on any atom is -0.378 e. The number of anilines is 2. The number of benzene rings is 2. The molecule has 0 spiro atoms. The van der Waals surface area contributed by atoms with Crippen LogP contribution in [0.3, 0.4) is 0 Å². The fourth-order valence-electron chi connectivity index (χ4n) is 4.47. The summed E-state index contributed by atoms with van der Waals surface area (Å²) in [4.78, 5) is 29.4. The van der Waals surface area contributed by atoms with Gasteiger partial charge in [0.2, 0.25) is 5.95 Å². The number of carbonyl (C=O) groups excluding carboxylic acids is 1. The molecule has 5 rings (SSSR count). The molecular formula is C26H28ClN5O2. The molecular weight excluding hydrogens is 450 g/mol. The summed E-state index contributed by atoms with van der Waals surface area (Å²) in [6, 6.07) is 17.4. The SMILES string of the molecule is CN(Cc1ccccc1)c1nc2c(c(N3CCOCC3)n1)CN(C(=O)c1ccc(Cl)cc1)CC2. The van der Waals surface area contributed by atoms with E-state index >= 15 is 0 Å². The van der Waals surface area contributed by atoms with Gasteiger partial charge in [0, 0.05) is 55.8 Å². The van der Waals surface area contributed by atoms with Gasteiger partial charge in [-0.25, -0.2) is 4.98 Å². The van der Waals surface area contributed by atoms with Crippen LogP contribution in [0.2, 0.25) is 5.02 Å². The number of hydrogen-bond donors (Lipinski definition) is 0. The van der Waals surface area contributed by atoms with Crippen LogP contribution in [0, 0.1) is 0 Å². The molecule has 2 aromatic carbocycles. The molecule has 0 N–H and O–H groups in total. The first-order valence-electron chi connectivity index (χ1n) is 11.6. The average molecular weight is 478 g/mol. The highest BCUT2D eigenvalue weighted by atomic mass is 35.5. The van der Waals surface area contributed by atoms with E-state index in [2.05, 4.69) is 21.9 Å². The zero-order valence-electron chi connectivity index (χ0n) is 19.3. The van der Waals surface area contributed by atoms with Gasteiger partial charge in [-0.1, -0.05) is 41.9 Å². The molecule has 1 aromatic heterocycles. The molecule has 3 heterocycles. The van der Waals surface area contributed by atoms with Crippen molar-refractivity contribution in [2.45, 2.75) is 19.5 Å². The van der Waals surface area contributed by atoms with Gasteiger partial charge in [0.05, 0.1) is 25.5 Å². The smallest absolute Gasteiger partial charge is 0.254 e. The van der Waals surface area contributed by atoms with Gasteiger partial charge >= 0.3 is 0 Å². The summed E-state index contributed by atoms with van der Waals surface area (Å²) in [6.45, 7) is 4.72. The molecule has 2 aliphatic rings. The van der Waals surface area contributed by atoms with Crippen molar-refractivity contribution in [1.29, 1.82) is 0 Å². The lowest BCUT2D eigenvalue weighted by Gasteiger charge is -2.35. The summed E-state index contributed by atoms with van der Waals surface area (Å²) < 4.78 is 5.58. The van der Waals surface area contributed by atoms with Gasteiger partial charge in [-0.05, 0) is 29.8 Å². The maximum atomic E-state index is 13.2. The Labute approximate surface area is 204 Å². The maximum Gasteiger partial charge on any atom is 0.254 e. The van der Waals surface area contributed by atoms with E-state index in [0.717, 1.165) is 36.7 Å². The van der Waals surface area contributed by atoms with Crippen molar-refractivity contribution in [3.63, 3.8) is 0 Å². The second-order valence-corrected chi connectivity index (χ2v) is 9.13. The van der Waals surface area contributed by atoms with Gasteiger partial charge in [0.1, 0.15) is 5.82 Å². The third-order valence-corrected chi connectivity index (χ3v) is 6.57. The number of nitrogens with zero attached hydrogens (tertiary/aromatic N) is 5. The van der Waals surface area contributed by atoms with E-state index in [1.54, 1.807) is 24.3 Å². The summed E-state index contributed by atoms with van der Waals surface area (Å²) >= 11 is 6.01. The molecule has 8 heteroatoms. The van der Waals surface area contributed by atoms with Gasteiger partial charge < -0.3 is 19.4 Å². The molecule has 0 unspecified atom stereocenters. The van der Waals surface area contributed by atoms with Crippen molar-refractivity contribution in [2.75, 3.05) is 49.7 Å². The van der Waals surface area contributed by atoms with Crippen molar-refractivity contribution in [3.8, 4) is 0 Å². The van der Waals surface area contributed by atoms with Crippen molar-refractivity contribution < 1.29 is 9.53 Å². The summed E-state index contributed by atoms with van der Waals surface area (Å²) in [7, 11) is 2.02. The number of ether oxygens (including phenoxy) is 1. The highest BCUT2D eigenvalue weighted by molar-refractivity contribution is 6.30. The maximum absolute atomic E-state index is 13.2. The van der Waals surface area contributed by atoms with Gasteiger partial charge in [0.15, 0.2) is 0 Å². The van der Waals surface area contributed by atoms with Crippen LogP contribution in [-0.2, 0) is 24.2 Å². The number of carbonyl (C=O) groups is 1. The van der Waals surface area contributed by atoms with Crippen molar-refractivity contribution in [3.05, 3.63) is 82.0 Å². The number of aromatic nitrogens is 2. The lowest BCUT2D eigenvalue weighted by molar-refractivity contribution is 0.0733. The molecule has 0 radical (unpaired) electrons. The van der Waals surface area contributed by atoms with Crippen molar-refractivity contribution in [2.24, 2.45) is 0 Å². The number of fused-ring (bicyclic) bond motifs is 1. The van der Waals surface area contributed by atoms with Crippen LogP contribution in [0.15, 0.2) is 54.6 Å². The quantitative estimate of drug-likeness (QED) is 0.557. The lowest BCUT2D eigenvalue weighted by Crippen LogP contribution is -2.41. The predicted molar refractivity (Wildman–Crippen MR) is 134 cm³/mol. The molecule has 0 bridgehead atoms. The molecule has 1 saturated heterocycles. The third-order valence-electron chi connectivity index (χ3n) is 6.32. The predicted octanol–water partition coefficient (Wildman–Crippen LogP) is 3.80. The minimum absolute atomic E-state index is 0.000478. The van der Waals surface area contributed by atoms with Crippen LogP contribution < -0.4 is 9.80 Å². The van der Waals surface area contributed by atoms with Crippen LogP contribution in [0.1, 0.15) is 27.2 Å². The first-order chi connectivity index (χ1) is 16.6. The van der Waals surface area contributed by atoms with Crippen LogP contribution in [-0.4, -0.2) is 60.7 Å². The molecule has 0 aliphatic carbocycles. The Balaban J connectivity index is 1.45. The first-order valence-corrected chi connectivity index (χ1v) is 12.0. The van der Waals surface area contributed by atoms with Crippen molar-refractivity contribution in [1.82, 2.24) is 14.9 Å². The zero-order valence-corrected chi connectivity index (χ0v) is 20.0. The number of morpholine rings is 1. The van der Waals surface area contributed by atoms with Crippen LogP contribution >= 0.6 is 11.6 Å². The Bertz CT molecular complexity index is 1150. The summed E-state index contributed by atoms with van der Waals surface area (Å²) in [5, 5.41) is 0.621. The molecule has 1 amide bonds. The molecule has 34 heavy (non-hydrogen) atoms. The highest BCUT2D eigenvalue weighted by Crippen LogP contribution is 2.30. The van der Waals surface area contributed by atoms with Gasteiger partial charge in [-0.15, -0.1) is 0 Å². The molecule has 0 saturated carbocycles. The van der Waals surface area contributed by atoms with E-state index in [0.29, 0.717) is 49.3 Å². The Kier molecular flexibility index (Phi) is 6.65. The molecule has 176 valence electrons. The van der Waals surface area contributed by atoms with E-state index in [-0.39, 0.29) is 5.91 Å². The lowest BCUT2D eigenvalue weighted by atomic mass is 10.0. The molecule has 1 fully saturated rings. The van der Waals surface area contributed by atoms with E-state index in [4.69, 9.17) is 26.3 Å². The molecule has 7 nitrogen and oxygen atoms in total. The fourth-order valence-corrected chi connectivity index (χ4v) is 4.59. The number of halogens is 1. The fraction of sp³-hybridized carbons (Fsp3) is 0.346. The Hall–Kier alpha value is -3.16. The van der Waals surface area contributed by atoms with E-state index in [9.17, 15) is 4.79 Å². The first kappa shape index (κ1) is 22.6. The summed E-state index contributed by atoms with van der Waals surface area (Å²) in [5.41, 5.74) is 3.90. The monoisotopic (exact) mass is 477 g/mol. The molecule has 3 aromatic rings. The van der Waals surface area contributed by atoms with Crippen LogP contribution in [0.25, 0.3) is 0 Å². The van der Waals surface area contributed by atoms with E-state index in [1.807, 2.05) is 30.1 Å². The second kappa shape index (κ2) is 9.99. The van der Waals surface area contributed by atoms with E-state index < -0.39 is 0 Å². The largest absolute Gasteiger partial charge is 0.378 e. The molecule has 0 atom stereocenters. The summed E-state index contributed by atoms with van der Waals surface area (Å²) in [5.74, 6) is 1.62. The Morgan fingerprint density at radius 2 is 1.76 bits per heavy atom. The number of amides is 1. The number of hydrogen-bond acceptors (Lipinski definition) is 6. The topological polar surface area (TPSA) is 61.8 Å². The van der Waals surface area contributed by atoms with E-state index in [1.165, 1.54) is 5.56 Å². The highest BCUT2D eigenvalue weighted by Gasteiger charge is 2.29. The third kappa shape index (κ3) is 4.86. The number of rotatable bonds is 5. The van der Waals surface area contributed by atoms with Gasteiger partial charge in [-0.2, -0.15) is 4.98 Å². The Morgan fingerprint density at radius 1 is 1.03 bits per heavy atom. The molecule has 2 aliphatic heterocycles. The standard InChI is InChI=1S/C26H28ClN5O2/c1-30(17-19-5-3-2-4-6-19)26-28-23-11-12-32(25(33)20-7-9-21(27)10-8-20)18-22(23)24(29-26)31-13-15-34-16-14-31/h2-10H,11-18H2,1H3. The average Bonchev–Trinajstić information content (AvgIpc) is 2.89.